The molecular weight excluding hydrogens is 140 g/mol. The van der Waals surface area contributed by atoms with Crippen LogP contribution in [0.15, 0.2) is 0 Å². The summed E-state index contributed by atoms with van der Waals surface area (Å²) in [5.74, 6) is -2.08. The van der Waals surface area contributed by atoms with E-state index in [1.54, 1.807) is 27.7 Å². The molecule has 0 fully saturated rings. The molecule has 0 aliphatic rings. The summed E-state index contributed by atoms with van der Waals surface area (Å²) in [6, 6.07) is 0. The van der Waals surface area contributed by atoms with Gasteiger partial charge in [-0.05, 0) is 18.7 Å². The third-order valence-corrected chi connectivity index (χ3v) is 2.18. The van der Waals surface area contributed by atoms with Crippen molar-refractivity contribution >= 4 is 5.97 Å². The van der Waals surface area contributed by atoms with Gasteiger partial charge in [0.25, 0.3) is 0 Å². The molecule has 0 aliphatic heterocycles. The minimum atomic E-state index is -2.47. The largest absolute Gasteiger partial charge is 0.481 e. The predicted molar refractivity (Wildman–Crippen MR) is 45.4 cm³/mol. The van der Waals surface area contributed by atoms with E-state index in [0.717, 1.165) is 0 Å². The molecular formula is C9H18O2. The van der Waals surface area contributed by atoms with Crippen LogP contribution in [0.2, 0.25) is 0 Å². The Morgan fingerprint density at radius 1 is 1.36 bits per heavy atom. The van der Waals surface area contributed by atoms with E-state index < -0.39 is 30.1 Å². The van der Waals surface area contributed by atoms with Gasteiger partial charge in [-0.15, -0.1) is 0 Å². The Morgan fingerprint density at radius 2 is 1.73 bits per heavy atom. The predicted octanol–water partition coefficient (Wildman–Crippen LogP) is 2.39. The molecule has 0 amide bonds. The van der Waals surface area contributed by atoms with E-state index in [1.807, 2.05) is 0 Å². The van der Waals surface area contributed by atoms with Crippen molar-refractivity contribution < 1.29 is 14.0 Å². The minimum Gasteiger partial charge on any atom is -0.481 e. The number of hydrogen-bond acceptors (Lipinski definition) is 1. The highest BCUT2D eigenvalue weighted by atomic mass is 16.4. The first kappa shape index (κ1) is 6.04. The maximum atomic E-state index is 11.2. The second-order valence-electron chi connectivity index (χ2n) is 3.48. The first-order valence-corrected chi connectivity index (χ1v) is 3.81. The number of carbonyl (C=O) groups is 1. The minimum absolute atomic E-state index is 0.424. The third-order valence-electron chi connectivity index (χ3n) is 2.18. The topological polar surface area (TPSA) is 37.3 Å². The first-order valence-electron chi connectivity index (χ1n) is 5.31. The Morgan fingerprint density at radius 3 is 1.73 bits per heavy atom. The van der Waals surface area contributed by atoms with Gasteiger partial charge in [0.1, 0.15) is 0 Å². The lowest BCUT2D eigenvalue weighted by molar-refractivity contribution is -0.153. The quantitative estimate of drug-likeness (QED) is 0.690. The smallest absolute Gasteiger partial charge is 0.309 e. The van der Waals surface area contributed by atoms with E-state index in [9.17, 15) is 4.79 Å². The second-order valence-corrected chi connectivity index (χ2v) is 3.48. The van der Waals surface area contributed by atoms with Crippen molar-refractivity contribution in [1.82, 2.24) is 0 Å². The molecule has 2 nitrogen and oxygen atoms in total. The fraction of sp³-hybridized carbons (Fsp3) is 0.889. The maximum absolute atomic E-state index is 11.2. The SMILES string of the molecule is [2H]C([2H])([2H])C(C(=O)O)(C(C)C)C(C)C. The first-order chi connectivity index (χ1) is 6.08. The molecule has 0 heterocycles. The number of hydrogen-bond donors (Lipinski definition) is 1. The summed E-state index contributed by atoms with van der Waals surface area (Å²) in [7, 11) is 0. The molecule has 0 bridgehead atoms. The van der Waals surface area contributed by atoms with E-state index in [1.165, 1.54) is 0 Å². The van der Waals surface area contributed by atoms with Crippen LogP contribution >= 0.6 is 0 Å². The zero-order valence-electron chi connectivity index (χ0n) is 10.5. The van der Waals surface area contributed by atoms with Crippen LogP contribution in [0.25, 0.3) is 0 Å². The van der Waals surface area contributed by atoms with Crippen molar-refractivity contribution in [1.29, 1.82) is 0 Å². The normalized spacial score (nSPS) is 17.8. The van der Waals surface area contributed by atoms with Gasteiger partial charge in [-0.1, -0.05) is 27.7 Å². The Labute approximate surface area is 72.8 Å². The molecule has 0 rings (SSSR count). The van der Waals surface area contributed by atoms with Crippen LogP contribution in [-0.4, -0.2) is 11.1 Å². The Bertz CT molecular complexity index is 211. The van der Waals surface area contributed by atoms with Crippen molar-refractivity contribution in [2.45, 2.75) is 34.5 Å². The number of rotatable bonds is 3. The average Bonchev–Trinajstić information content (AvgIpc) is 1.79. The van der Waals surface area contributed by atoms with Gasteiger partial charge in [-0.25, -0.2) is 0 Å². The monoisotopic (exact) mass is 161 g/mol. The third kappa shape index (κ3) is 1.73. The van der Waals surface area contributed by atoms with E-state index in [-0.39, 0.29) is 0 Å². The van der Waals surface area contributed by atoms with Crippen molar-refractivity contribution in [3.63, 3.8) is 0 Å². The van der Waals surface area contributed by atoms with Gasteiger partial charge < -0.3 is 5.11 Å². The van der Waals surface area contributed by atoms with Gasteiger partial charge in [-0.2, -0.15) is 0 Å². The summed E-state index contributed by atoms with van der Waals surface area (Å²) >= 11 is 0. The number of carboxylic acids is 1. The molecule has 0 radical (unpaired) electrons. The molecule has 0 spiro atoms. The van der Waals surface area contributed by atoms with Crippen molar-refractivity contribution in [3.05, 3.63) is 0 Å². The van der Waals surface area contributed by atoms with Crippen molar-refractivity contribution in [3.8, 4) is 0 Å². The summed E-state index contributed by atoms with van der Waals surface area (Å²) < 4.78 is 22.1. The van der Waals surface area contributed by atoms with Crippen LogP contribution < -0.4 is 0 Å². The van der Waals surface area contributed by atoms with Gasteiger partial charge in [0.05, 0.1) is 5.41 Å². The fourth-order valence-corrected chi connectivity index (χ4v) is 1.16. The molecule has 0 aliphatic carbocycles. The molecule has 66 valence electrons. The molecule has 11 heavy (non-hydrogen) atoms. The summed E-state index contributed by atoms with van der Waals surface area (Å²) in [5.41, 5.74) is -1.65. The van der Waals surface area contributed by atoms with Crippen LogP contribution in [-0.2, 0) is 4.79 Å². The fourth-order valence-electron chi connectivity index (χ4n) is 1.16. The molecule has 0 saturated carbocycles. The Balaban J connectivity index is 5.53. The van der Waals surface area contributed by atoms with Gasteiger partial charge in [-0.3, -0.25) is 4.79 Å². The molecule has 0 saturated heterocycles. The van der Waals surface area contributed by atoms with Crippen LogP contribution in [0, 0.1) is 17.3 Å². The zero-order chi connectivity index (χ0) is 11.7. The molecule has 2 heteroatoms. The van der Waals surface area contributed by atoms with Crippen molar-refractivity contribution in [2.75, 3.05) is 0 Å². The highest BCUT2D eigenvalue weighted by Crippen LogP contribution is 2.35. The van der Waals surface area contributed by atoms with Crippen LogP contribution in [0.1, 0.15) is 38.7 Å². The highest BCUT2D eigenvalue weighted by Gasteiger charge is 2.39. The lowest BCUT2D eigenvalue weighted by Gasteiger charge is -2.32. The number of aliphatic carboxylic acids is 1. The average molecular weight is 161 g/mol. The summed E-state index contributed by atoms with van der Waals surface area (Å²) in [5, 5.41) is 9.14. The van der Waals surface area contributed by atoms with E-state index >= 15 is 0 Å². The summed E-state index contributed by atoms with van der Waals surface area (Å²) in [6.07, 6.45) is 0. The van der Waals surface area contributed by atoms with E-state index in [0.29, 0.717) is 0 Å². The summed E-state index contributed by atoms with van der Waals surface area (Å²) in [4.78, 5) is 11.2. The lowest BCUT2D eigenvalue weighted by atomic mass is 9.71. The summed E-state index contributed by atoms with van der Waals surface area (Å²) in [6.45, 7) is 4.09. The molecule has 0 atom stereocenters. The molecule has 0 unspecified atom stereocenters. The Hall–Kier alpha value is -0.530. The number of carboxylic acid groups (broad SMARTS) is 1. The molecule has 0 aromatic carbocycles. The Kier molecular flexibility index (Phi) is 1.78. The standard InChI is InChI=1S/C9H18O2/c1-6(2)9(5,7(3)4)8(10)11/h6-7H,1-5H3,(H,10,11)/i5D3. The molecule has 1 N–H and O–H groups in total. The van der Waals surface area contributed by atoms with Crippen LogP contribution in [0.5, 0.6) is 0 Å². The van der Waals surface area contributed by atoms with Crippen molar-refractivity contribution in [2.24, 2.45) is 17.3 Å². The maximum Gasteiger partial charge on any atom is 0.309 e. The molecule has 0 aromatic rings. The highest BCUT2D eigenvalue weighted by molar-refractivity contribution is 5.74. The van der Waals surface area contributed by atoms with E-state index in [2.05, 4.69) is 0 Å². The second kappa shape index (κ2) is 3.24. The van der Waals surface area contributed by atoms with Gasteiger partial charge >= 0.3 is 5.97 Å². The van der Waals surface area contributed by atoms with Crippen LogP contribution in [0.4, 0.5) is 0 Å². The van der Waals surface area contributed by atoms with Crippen LogP contribution in [0.3, 0.4) is 0 Å². The van der Waals surface area contributed by atoms with Gasteiger partial charge in [0, 0.05) is 4.11 Å². The zero-order valence-corrected chi connectivity index (χ0v) is 7.51. The lowest BCUT2D eigenvalue weighted by Crippen LogP contribution is -2.38. The van der Waals surface area contributed by atoms with Gasteiger partial charge in [0.2, 0.25) is 0 Å². The van der Waals surface area contributed by atoms with Gasteiger partial charge in [0.15, 0.2) is 0 Å². The molecule has 0 aromatic heterocycles. The van der Waals surface area contributed by atoms with E-state index in [4.69, 9.17) is 9.22 Å².